The number of nitrogens with one attached hydrogen (secondary N) is 3. The molecule has 0 unspecified atom stereocenters. The zero-order valence-electron chi connectivity index (χ0n) is 20.8. The molecular formula is C24H38N4O6. The first-order chi connectivity index (χ1) is 16.1. The van der Waals surface area contributed by atoms with E-state index in [-0.39, 0.29) is 30.9 Å². The van der Waals surface area contributed by atoms with Crippen molar-refractivity contribution >= 4 is 23.7 Å². The van der Waals surface area contributed by atoms with E-state index >= 15 is 0 Å². The summed E-state index contributed by atoms with van der Waals surface area (Å²) in [6, 6.07) is -0.696. The van der Waals surface area contributed by atoms with Crippen molar-refractivity contribution in [3.8, 4) is 0 Å². The van der Waals surface area contributed by atoms with Gasteiger partial charge in [-0.15, -0.1) is 0 Å². The van der Waals surface area contributed by atoms with Crippen LogP contribution in [0.4, 0.5) is 0 Å². The Balaban J connectivity index is 1.71. The number of amides is 3. The zero-order valence-corrected chi connectivity index (χ0v) is 20.8. The van der Waals surface area contributed by atoms with Crippen LogP contribution in [0.25, 0.3) is 0 Å². The van der Waals surface area contributed by atoms with Gasteiger partial charge in [-0.2, -0.15) is 0 Å². The minimum atomic E-state index is -1.00. The first-order valence-corrected chi connectivity index (χ1v) is 11.9. The predicted molar refractivity (Wildman–Crippen MR) is 126 cm³/mol. The van der Waals surface area contributed by atoms with E-state index in [1.54, 1.807) is 11.1 Å². The lowest BCUT2D eigenvalue weighted by Crippen LogP contribution is -2.49. The van der Waals surface area contributed by atoms with Crippen LogP contribution >= 0.6 is 0 Å². The van der Waals surface area contributed by atoms with Crippen molar-refractivity contribution in [3.05, 3.63) is 24.0 Å². The molecule has 0 bridgehead atoms. The highest BCUT2D eigenvalue weighted by Crippen LogP contribution is 2.24. The molecule has 0 aromatic carbocycles. The second-order valence-corrected chi connectivity index (χ2v) is 9.47. The molecule has 190 valence electrons. The number of epoxide rings is 1. The third-order valence-corrected chi connectivity index (χ3v) is 5.30. The Morgan fingerprint density at radius 1 is 1.09 bits per heavy atom. The number of hydrogen-bond donors (Lipinski definition) is 3. The summed E-state index contributed by atoms with van der Waals surface area (Å²) in [6.07, 6.45) is 5.36. The molecule has 0 saturated carbocycles. The lowest BCUT2D eigenvalue weighted by molar-refractivity contribution is -0.145. The highest BCUT2D eigenvalue weighted by Gasteiger charge is 2.52. The summed E-state index contributed by atoms with van der Waals surface area (Å²) in [6.45, 7) is 8.72. The maximum atomic E-state index is 12.5. The van der Waals surface area contributed by atoms with E-state index in [0.717, 1.165) is 6.42 Å². The van der Waals surface area contributed by atoms with Crippen molar-refractivity contribution in [2.45, 2.75) is 65.2 Å². The largest absolute Gasteiger partial charge is 0.462 e. The van der Waals surface area contributed by atoms with Crippen molar-refractivity contribution < 1.29 is 28.7 Å². The van der Waals surface area contributed by atoms with E-state index in [0.29, 0.717) is 30.9 Å². The summed E-state index contributed by atoms with van der Waals surface area (Å²) < 4.78 is 10.3. The Kier molecular flexibility index (Phi) is 10.6. The molecule has 0 aromatic rings. The average Bonchev–Trinajstić information content (AvgIpc) is 3.56. The molecule has 2 aliphatic heterocycles. The summed E-state index contributed by atoms with van der Waals surface area (Å²) in [4.78, 5) is 51.1. The molecule has 0 aromatic heterocycles. The number of rotatable bonds is 13. The van der Waals surface area contributed by atoms with Crippen molar-refractivity contribution in [1.82, 2.24) is 20.9 Å². The van der Waals surface area contributed by atoms with Gasteiger partial charge in [-0.05, 0) is 37.3 Å². The van der Waals surface area contributed by atoms with Gasteiger partial charge in [-0.25, -0.2) is 4.79 Å². The van der Waals surface area contributed by atoms with Gasteiger partial charge in [0.1, 0.15) is 12.6 Å². The van der Waals surface area contributed by atoms with Crippen LogP contribution in [0.5, 0.6) is 0 Å². The van der Waals surface area contributed by atoms with Crippen LogP contribution in [0.1, 0.15) is 47.0 Å². The van der Waals surface area contributed by atoms with Gasteiger partial charge in [0.05, 0.1) is 6.54 Å². The number of hydrogen-bond acceptors (Lipinski definition) is 7. The molecule has 3 atom stereocenters. The van der Waals surface area contributed by atoms with Gasteiger partial charge in [-0.3, -0.25) is 14.4 Å². The van der Waals surface area contributed by atoms with Crippen LogP contribution < -0.4 is 16.0 Å². The van der Waals surface area contributed by atoms with Gasteiger partial charge in [0.25, 0.3) is 5.91 Å². The van der Waals surface area contributed by atoms with Crippen LogP contribution in [0, 0.1) is 11.8 Å². The Morgan fingerprint density at radius 3 is 2.47 bits per heavy atom. The molecule has 34 heavy (non-hydrogen) atoms. The molecule has 1 fully saturated rings. The number of nitrogens with zero attached hydrogens (tertiary/aromatic N) is 1. The number of ether oxygens (including phenoxy) is 2. The minimum Gasteiger partial charge on any atom is -0.462 e. The van der Waals surface area contributed by atoms with Crippen LogP contribution in [0.15, 0.2) is 24.0 Å². The summed E-state index contributed by atoms with van der Waals surface area (Å²) >= 11 is 0. The molecule has 2 rings (SSSR count). The highest BCUT2D eigenvalue weighted by atomic mass is 16.6. The Morgan fingerprint density at radius 2 is 1.82 bits per heavy atom. The number of carbonyl (C=O) groups excluding carboxylic acids is 4. The fourth-order valence-corrected chi connectivity index (χ4v) is 3.41. The average molecular weight is 479 g/mol. The molecule has 1 saturated heterocycles. The van der Waals surface area contributed by atoms with Crippen molar-refractivity contribution in [3.63, 3.8) is 0 Å². The molecular weight excluding hydrogens is 440 g/mol. The van der Waals surface area contributed by atoms with Gasteiger partial charge < -0.3 is 30.3 Å². The smallest absolute Gasteiger partial charge is 0.338 e. The summed E-state index contributed by atoms with van der Waals surface area (Å²) in [7, 11) is 1.83. The minimum absolute atomic E-state index is 0.0358. The molecule has 0 aliphatic carbocycles. The summed E-state index contributed by atoms with van der Waals surface area (Å²) in [5.41, 5.74) is 0.614. The molecule has 3 N–H and O–H groups in total. The first-order valence-electron chi connectivity index (χ1n) is 11.9. The van der Waals surface area contributed by atoms with Crippen LogP contribution in [0.2, 0.25) is 0 Å². The van der Waals surface area contributed by atoms with Gasteiger partial charge in [0, 0.05) is 25.4 Å². The maximum Gasteiger partial charge on any atom is 0.338 e. The highest BCUT2D eigenvalue weighted by molar-refractivity contribution is 5.95. The normalized spacial score (nSPS) is 20.0. The standard InChI is InChI=1S/C24H38N4O6/c1-15(2)8-9-25-22(30)18(13-16(3)4)27-23(31)19-20(34-19)24(32)33-12-10-26-21(29)17-7-6-11-28(5)14-17/h6,11,14-16,18-20H,7-10,12-13H2,1-5H3,(H,25,30)(H,26,29)(H,27,31)/t18-,19-,20-/m1/s1. The van der Waals surface area contributed by atoms with Gasteiger partial charge in [-0.1, -0.05) is 33.8 Å². The third kappa shape index (κ3) is 9.17. The Hall–Kier alpha value is -2.88. The second kappa shape index (κ2) is 13.1. The number of allylic oxidation sites excluding steroid dienone is 1. The van der Waals surface area contributed by atoms with Crippen molar-refractivity contribution in [1.29, 1.82) is 0 Å². The molecule has 3 amide bonds. The molecule has 0 radical (unpaired) electrons. The lowest BCUT2D eigenvalue weighted by Gasteiger charge is -2.20. The van der Waals surface area contributed by atoms with Gasteiger partial charge in [0.2, 0.25) is 11.8 Å². The number of carbonyl (C=O) groups is 4. The van der Waals surface area contributed by atoms with Crippen LogP contribution in [-0.4, -0.2) is 73.6 Å². The molecule has 2 heterocycles. The summed E-state index contributed by atoms with van der Waals surface area (Å²) in [5, 5.41) is 8.25. The van der Waals surface area contributed by atoms with E-state index in [1.165, 1.54) is 0 Å². The van der Waals surface area contributed by atoms with Crippen molar-refractivity contribution in [2.24, 2.45) is 11.8 Å². The summed E-state index contributed by atoms with van der Waals surface area (Å²) in [5.74, 6) is -1.00. The Bertz CT molecular complexity index is 807. The molecule has 2 aliphatic rings. The van der Waals surface area contributed by atoms with Gasteiger partial charge >= 0.3 is 5.97 Å². The van der Waals surface area contributed by atoms with E-state index < -0.39 is 30.1 Å². The quantitative estimate of drug-likeness (QED) is 0.203. The fourth-order valence-electron chi connectivity index (χ4n) is 3.41. The van der Waals surface area contributed by atoms with E-state index in [4.69, 9.17) is 9.47 Å². The maximum absolute atomic E-state index is 12.5. The zero-order chi connectivity index (χ0) is 25.3. The van der Waals surface area contributed by atoms with E-state index in [2.05, 4.69) is 29.8 Å². The topological polar surface area (TPSA) is 129 Å². The van der Waals surface area contributed by atoms with E-state index in [9.17, 15) is 19.2 Å². The van der Waals surface area contributed by atoms with Crippen molar-refractivity contribution in [2.75, 3.05) is 26.7 Å². The SMILES string of the molecule is CC(C)CCNC(=O)[C@@H](CC(C)C)NC(=O)[C@@H]1O[C@H]1C(=O)OCCNC(=O)C1=CN(C)C=CC1. The molecule has 10 heteroatoms. The molecule has 10 nitrogen and oxygen atoms in total. The predicted octanol–water partition coefficient (Wildman–Crippen LogP) is 0.840. The third-order valence-electron chi connectivity index (χ3n) is 5.30. The molecule has 0 spiro atoms. The van der Waals surface area contributed by atoms with Crippen LogP contribution in [-0.2, 0) is 28.7 Å². The van der Waals surface area contributed by atoms with Crippen LogP contribution in [0.3, 0.4) is 0 Å². The Labute approximate surface area is 201 Å². The lowest BCUT2D eigenvalue weighted by atomic mass is 10.0. The first kappa shape index (κ1) is 27.4. The fraction of sp³-hybridized carbons (Fsp3) is 0.667. The number of esters is 1. The monoisotopic (exact) mass is 478 g/mol. The second-order valence-electron chi connectivity index (χ2n) is 9.47. The van der Waals surface area contributed by atoms with Gasteiger partial charge in [0.15, 0.2) is 12.2 Å². The van der Waals surface area contributed by atoms with E-state index in [1.807, 2.05) is 33.2 Å².